The fraction of sp³-hybridized carbons (Fsp3) is 0.875. The van der Waals surface area contributed by atoms with Gasteiger partial charge in [-0.2, -0.15) is 0 Å². The summed E-state index contributed by atoms with van der Waals surface area (Å²) in [6.45, 7) is 2.58. The van der Waals surface area contributed by atoms with Crippen LogP contribution in [-0.4, -0.2) is 51.5 Å². The molecule has 2 aliphatic rings. The van der Waals surface area contributed by atoms with Crippen LogP contribution < -0.4 is 0 Å². The van der Waals surface area contributed by atoms with Crippen molar-refractivity contribution >= 4 is 29.7 Å². The van der Waals surface area contributed by atoms with Gasteiger partial charge in [-0.1, -0.05) is 0 Å². The molecule has 150 valence electrons. The minimum atomic E-state index is -4.33. The Morgan fingerprint density at radius 1 is 0.615 bits per heavy atom. The largest absolute Gasteiger partial charge is 0.463 e. The zero-order valence-electron chi connectivity index (χ0n) is 15.0. The van der Waals surface area contributed by atoms with Crippen molar-refractivity contribution in [1.82, 2.24) is 0 Å². The normalized spacial score (nSPS) is 30.4. The van der Waals surface area contributed by atoms with Crippen LogP contribution in [0.1, 0.15) is 65.2 Å². The van der Waals surface area contributed by atoms with Gasteiger partial charge in [0.1, 0.15) is 12.2 Å². The number of rotatable bonds is 5. The number of carbonyl (C=O) groups is 2. The Bertz CT molecular complexity index is 660. The summed E-state index contributed by atoms with van der Waals surface area (Å²) in [6.07, 6.45) is 1.36. The average Bonchev–Trinajstić information content (AvgIpc) is 2.54. The lowest BCUT2D eigenvalue weighted by atomic mass is 9.97. The van der Waals surface area contributed by atoms with Gasteiger partial charge in [0.05, 0.1) is 10.5 Å². The number of carbonyl (C=O) groups excluding carboxylic acids is 2. The van der Waals surface area contributed by atoms with Gasteiger partial charge in [0, 0.05) is 13.8 Å². The number of ether oxygens (including phenoxy) is 2. The van der Waals surface area contributed by atoms with E-state index < -0.39 is 40.2 Å². The van der Waals surface area contributed by atoms with Gasteiger partial charge in [-0.05, 0) is 51.4 Å². The molecule has 0 atom stereocenters. The van der Waals surface area contributed by atoms with Gasteiger partial charge < -0.3 is 9.47 Å². The van der Waals surface area contributed by atoms with Crippen LogP contribution in [0.2, 0.25) is 0 Å². The van der Waals surface area contributed by atoms with Crippen molar-refractivity contribution in [1.29, 1.82) is 0 Å². The summed E-state index contributed by atoms with van der Waals surface area (Å²) < 4.78 is 61.0. The highest BCUT2D eigenvalue weighted by atomic mass is 33.2. The van der Waals surface area contributed by atoms with Crippen molar-refractivity contribution in [2.24, 2.45) is 0 Å². The summed E-state index contributed by atoms with van der Waals surface area (Å²) >= 11 is 0. The smallest absolute Gasteiger partial charge is 0.302 e. The van der Waals surface area contributed by atoms with Crippen LogP contribution in [-0.2, 0) is 36.8 Å². The molecular formula is C16H26O8S2. The summed E-state index contributed by atoms with van der Waals surface area (Å²) in [4.78, 5) is 22.0. The highest BCUT2D eigenvalue weighted by molar-refractivity contribution is 8.67. The first-order valence-electron chi connectivity index (χ1n) is 8.86. The van der Waals surface area contributed by atoms with Crippen LogP contribution in [0.15, 0.2) is 0 Å². The van der Waals surface area contributed by atoms with E-state index >= 15 is 0 Å². The van der Waals surface area contributed by atoms with Gasteiger partial charge >= 0.3 is 11.9 Å². The van der Waals surface area contributed by atoms with E-state index in [1.807, 2.05) is 0 Å². The number of hydrogen-bond donors (Lipinski definition) is 0. The summed E-state index contributed by atoms with van der Waals surface area (Å²) in [5, 5.41) is -1.91. The molecule has 2 rings (SSSR count). The van der Waals surface area contributed by atoms with E-state index in [9.17, 15) is 26.4 Å². The molecule has 0 aromatic carbocycles. The van der Waals surface area contributed by atoms with Crippen molar-refractivity contribution in [3.8, 4) is 0 Å². The van der Waals surface area contributed by atoms with Crippen molar-refractivity contribution in [3.05, 3.63) is 0 Å². The lowest BCUT2D eigenvalue weighted by Crippen LogP contribution is -2.41. The van der Waals surface area contributed by atoms with Gasteiger partial charge in [-0.15, -0.1) is 0 Å². The average molecular weight is 411 g/mol. The summed E-state index contributed by atoms with van der Waals surface area (Å²) in [5.74, 6) is -0.845. The van der Waals surface area contributed by atoms with Gasteiger partial charge in [0.15, 0.2) is 0 Å². The van der Waals surface area contributed by atoms with E-state index in [1.54, 1.807) is 0 Å². The predicted molar refractivity (Wildman–Crippen MR) is 93.5 cm³/mol. The van der Waals surface area contributed by atoms with E-state index in [1.165, 1.54) is 13.8 Å². The van der Waals surface area contributed by atoms with Crippen molar-refractivity contribution < 1.29 is 35.9 Å². The fourth-order valence-corrected chi connectivity index (χ4v) is 9.61. The van der Waals surface area contributed by atoms with Crippen molar-refractivity contribution in [3.63, 3.8) is 0 Å². The quantitative estimate of drug-likeness (QED) is 0.493. The third-order valence-electron chi connectivity index (χ3n) is 5.05. The fourth-order valence-electron chi connectivity index (χ4n) is 3.73. The van der Waals surface area contributed by atoms with E-state index in [0.29, 0.717) is 25.7 Å². The van der Waals surface area contributed by atoms with Crippen molar-refractivity contribution in [2.75, 3.05) is 0 Å². The molecule has 26 heavy (non-hydrogen) atoms. The molecule has 2 aliphatic carbocycles. The third kappa shape index (κ3) is 4.76. The molecule has 0 aromatic rings. The SMILES string of the molecule is CC(=O)OC1CCC(S(=O)(=O)S(=O)(=O)C2CCC(OC(C)=O)CC2)CC1. The van der Waals surface area contributed by atoms with Gasteiger partial charge in [-0.25, -0.2) is 16.8 Å². The minimum Gasteiger partial charge on any atom is -0.463 e. The van der Waals surface area contributed by atoms with Crippen LogP contribution in [0.4, 0.5) is 0 Å². The molecule has 0 unspecified atom stereocenters. The van der Waals surface area contributed by atoms with E-state index in [-0.39, 0.29) is 37.9 Å². The second kappa shape index (κ2) is 8.24. The number of hydrogen-bond acceptors (Lipinski definition) is 8. The van der Waals surface area contributed by atoms with E-state index in [4.69, 9.17) is 9.47 Å². The molecule has 0 heterocycles. The van der Waals surface area contributed by atoms with Crippen LogP contribution in [0, 0.1) is 0 Å². The highest BCUT2D eigenvalue weighted by Crippen LogP contribution is 2.34. The molecular weight excluding hydrogens is 384 g/mol. The summed E-state index contributed by atoms with van der Waals surface area (Å²) in [7, 11) is -8.66. The monoisotopic (exact) mass is 410 g/mol. The molecule has 0 saturated heterocycles. The Morgan fingerprint density at radius 2 is 0.885 bits per heavy atom. The lowest BCUT2D eigenvalue weighted by Gasteiger charge is -2.31. The first-order chi connectivity index (χ1) is 12.0. The summed E-state index contributed by atoms with van der Waals surface area (Å²) in [5.41, 5.74) is 0. The Balaban J connectivity index is 2.00. The standard InChI is InChI=1S/C16H26O8S2/c1-11(17)23-13-3-7-15(8-4-13)25(19,20)26(21,22)16-9-5-14(6-10-16)24-12(2)18/h13-16H,3-10H2,1-2H3. The Labute approximate surface area is 153 Å². The van der Waals surface area contributed by atoms with Gasteiger partial charge in [-0.3, -0.25) is 9.59 Å². The predicted octanol–water partition coefficient (Wildman–Crippen LogP) is 1.48. The maximum atomic E-state index is 12.7. The molecule has 0 aromatic heterocycles. The molecule has 8 nitrogen and oxygen atoms in total. The zero-order chi connectivity index (χ0) is 19.5. The third-order valence-corrected chi connectivity index (χ3v) is 11.8. The van der Waals surface area contributed by atoms with Crippen LogP contribution >= 0.6 is 0 Å². The summed E-state index contributed by atoms with van der Waals surface area (Å²) in [6, 6.07) is 0. The molecule has 0 N–H and O–H groups in total. The minimum absolute atomic E-state index is 0.169. The van der Waals surface area contributed by atoms with Crippen molar-refractivity contribution in [2.45, 2.75) is 87.9 Å². The molecule has 10 heteroatoms. The topological polar surface area (TPSA) is 121 Å². The maximum Gasteiger partial charge on any atom is 0.302 e. The van der Waals surface area contributed by atoms with Crippen LogP contribution in [0.3, 0.4) is 0 Å². The number of esters is 2. The first kappa shape index (κ1) is 21.1. The Morgan fingerprint density at radius 3 is 1.12 bits per heavy atom. The molecule has 0 aliphatic heterocycles. The Kier molecular flexibility index (Phi) is 6.70. The van der Waals surface area contributed by atoms with Crippen LogP contribution in [0.25, 0.3) is 0 Å². The maximum absolute atomic E-state index is 12.7. The van der Waals surface area contributed by atoms with E-state index in [0.717, 1.165) is 0 Å². The second-order valence-corrected chi connectivity index (χ2v) is 13.1. The molecule has 0 bridgehead atoms. The Hall–Kier alpha value is -1.16. The second-order valence-electron chi connectivity index (χ2n) is 7.00. The van der Waals surface area contributed by atoms with Crippen LogP contribution in [0.5, 0.6) is 0 Å². The highest BCUT2D eigenvalue weighted by Gasteiger charge is 2.46. The molecule has 2 fully saturated rings. The molecule has 0 amide bonds. The molecule has 0 spiro atoms. The zero-order valence-corrected chi connectivity index (χ0v) is 16.7. The molecule has 2 saturated carbocycles. The van der Waals surface area contributed by atoms with E-state index in [2.05, 4.69) is 0 Å². The van der Waals surface area contributed by atoms with Gasteiger partial charge in [0.25, 0.3) is 17.7 Å². The van der Waals surface area contributed by atoms with Gasteiger partial charge in [0.2, 0.25) is 0 Å². The lowest BCUT2D eigenvalue weighted by molar-refractivity contribution is -0.148. The molecule has 0 radical (unpaired) electrons. The first-order valence-corrected chi connectivity index (χ1v) is 12.5.